The minimum Gasteiger partial charge on any atom is -0.357 e. The Labute approximate surface area is 196 Å². The van der Waals surface area contributed by atoms with Gasteiger partial charge in [-0.15, -0.1) is 24.0 Å². The monoisotopic (exact) mass is 522 g/mol. The summed E-state index contributed by atoms with van der Waals surface area (Å²) < 4.78 is 0. The number of halogens is 1. The number of hydrogen-bond donors (Lipinski definition) is 2. The van der Waals surface area contributed by atoms with Crippen molar-refractivity contribution in [1.29, 1.82) is 0 Å². The van der Waals surface area contributed by atoms with Gasteiger partial charge in [0, 0.05) is 51.0 Å². The third-order valence-electron chi connectivity index (χ3n) is 4.83. The number of carbonyl (C=O) groups is 1. The number of rotatable bonds is 6. The fourth-order valence-corrected chi connectivity index (χ4v) is 3.33. The summed E-state index contributed by atoms with van der Waals surface area (Å²) >= 11 is 0. The third kappa shape index (κ3) is 6.86. The number of nitrogens with zero attached hydrogens (tertiary/aromatic N) is 4. The quantitative estimate of drug-likeness (QED) is 0.264. The van der Waals surface area contributed by atoms with Gasteiger partial charge in [0.25, 0.3) is 5.91 Å². The zero-order valence-electron chi connectivity index (χ0n) is 17.7. The van der Waals surface area contributed by atoms with E-state index in [9.17, 15) is 4.79 Å². The fourth-order valence-electron chi connectivity index (χ4n) is 3.33. The summed E-state index contributed by atoms with van der Waals surface area (Å²) in [4.78, 5) is 25.9. The van der Waals surface area contributed by atoms with E-state index < -0.39 is 0 Å². The highest BCUT2D eigenvalue weighted by Gasteiger charge is 2.20. The number of hydrogen-bond acceptors (Lipinski definition) is 4. The number of nitrogens with one attached hydrogen (secondary N) is 2. The summed E-state index contributed by atoms with van der Waals surface area (Å²) in [5, 5.41) is 6.31. The largest absolute Gasteiger partial charge is 0.357 e. The summed E-state index contributed by atoms with van der Waals surface area (Å²) in [6.45, 7) is 9.51. The number of amides is 1. The molecule has 0 radical (unpaired) electrons. The minimum atomic E-state index is -0.0575. The van der Waals surface area contributed by atoms with Gasteiger partial charge in [-0.2, -0.15) is 0 Å². The van der Waals surface area contributed by atoms with E-state index in [2.05, 4.69) is 32.3 Å². The molecule has 162 valence electrons. The maximum Gasteiger partial charge on any atom is 0.251 e. The van der Waals surface area contributed by atoms with Crippen LogP contribution in [0.25, 0.3) is 0 Å². The maximum absolute atomic E-state index is 12.2. The number of guanidine groups is 1. The van der Waals surface area contributed by atoms with Gasteiger partial charge in [-0.1, -0.05) is 23.8 Å². The minimum absolute atomic E-state index is 0. The van der Waals surface area contributed by atoms with E-state index in [1.807, 2.05) is 55.6 Å². The third-order valence-corrected chi connectivity index (χ3v) is 4.83. The Kier molecular flexibility index (Phi) is 9.85. The van der Waals surface area contributed by atoms with E-state index in [0.29, 0.717) is 18.7 Å². The molecule has 7 nitrogen and oxygen atoms in total. The van der Waals surface area contributed by atoms with Gasteiger partial charge in [-0.05, 0) is 38.1 Å². The van der Waals surface area contributed by atoms with Crippen LogP contribution in [0.5, 0.6) is 0 Å². The topological polar surface area (TPSA) is 72.9 Å². The Morgan fingerprint density at radius 1 is 1.10 bits per heavy atom. The Bertz CT molecular complexity index is 821. The molecule has 30 heavy (non-hydrogen) atoms. The highest BCUT2D eigenvalue weighted by atomic mass is 127. The van der Waals surface area contributed by atoms with Gasteiger partial charge in [0.2, 0.25) is 0 Å². The molecular formula is C22H31IN6O. The molecule has 1 aromatic heterocycles. The van der Waals surface area contributed by atoms with E-state index in [1.54, 1.807) is 0 Å². The Balaban J connectivity index is 0.00000320. The first-order chi connectivity index (χ1) is 14.2. The smallest absolute Gasteiger partial charge is 0.251 e. The average Bonchev–Trinajstić information content (AvgIpc) is 2.76. The zero-order chi connectivity index (χ0) is 20.5. The number of pyridine rings is 1. The van der Waals surface area contributed by atoms with Crippen LogP contribution < -0.4 is 15.5 Å². The van der Waals surface area contributed by atoms with Gasteiger partial charge >= 0.3 is 0 Å². The molecule has 1 aromatic carbocycles. The summed E-state index contributed by atoms with van der Waals surface area (Å²) in [7, 11) is 0. The lowest BCUT2D eigenvalue weighted by Gasteiger charge is -2.37. The number of anilines is 1. The highest BCUT2D eigenvalue weighted by Crippen LogP contribution is 2.12. The normalized spacial score (nSPS) is 14.1. The molecule has 1 aliphatic rings. The van der Waals surface area contributed by atoms with Crippen LogP contribution in [0.1, 0.15) is 22.8 Å². The number of benzene rings is 1. The molecule has 8 heteroatoms. The highest BCUT2D eigenvalue weighted by molar-refractivity contribution is 14.0. The summed E-state index contributed by atoms with van der Waals surface area (Å²) in [6, 6.07) is 13.6. The second-order valence-electron chi connectivity index (χ2n) is 7.02. The molecule has 1 fully saturated rings. The molecule has 0 bridgehead atoms. The van der Waals surface area contributed by atoms with E-state index >= 15 is 0 Å². The van der Waals surface area contributed by atoms with Gasteiger partial charge in [0.15, 0.2) is 5.96 Å². The van der Waals surface area contributed by atoms with Crippen LogP contribution in [-0.2, 0) is 0 Å². The van der Waals surface area contributed by atoms with Crippen molar-refractivity contribution in [2.75, 3.05) is 50.7 Å². The Morgan fingerprint density at radius 2 is 1.90 bits per heavy atom. The molecule has 2 heterocycles. The molecule has 1 saturated heterocycles. The molecule has 0 aliphatic carbocycles. The molecule has 3 rings (SSSR count). The molecular weight excluding hydrogens is 491 g/mol. The van der Waals surface area contributed by atoms with Gasteiger partial charge in [0.1, 0.15) is 5.82 Å². The molecule has 1 amide bonds. The number of carbonyl (C=O) groups excluding carboxylic acids is 1. The number of aromatic nitrogens is 1. The lowest BCUT2D eigenvalue weighted by Crippen LogP contribution is -2.52. The number of piperazine rings is 1. The first-order valence-electron chi connectivity index (χ1n) is 10.2. The van der Waals surface area contributed by atoms with Crippen LogP contribution in [0.4, 0.5) is 5.82 Å². The van der Waals surface area contributed by atoms with Crippen LogP contribution in [0.3, 0.4) is 0 Å². The van der Waals surface area contributed by atoms with E-state index in [1.165, 1.54) is 0 Å². The van der Waals surface area contributed by atoms with Crippen LogP contribution in [-0.4, -0.2) is 67.6 Å². The van der Waals surface area contributed by atoms with Crippen molar-refractivity contribution in [2.45, 2.75) is 13.8 Å². The molecule has 0 unspecified atom stereocenters. The molecule has 0 saturated carbocycles. The predicted octanol–water partition coefficient (Wildman–Crippen LogP) is 2.53. The Morgan fingerprint density at radius 3 is 2.57 bits per heavy atom. The van der Waals surface area contributed by atoms with Crippen molar-refractivity contribution in [3.63, 3.8) is 0 Å². The van der Waals surface area contributed by atoms with Crippen molar-refractivity contribution in [3.05, 3.63) is 59.8 Å². The van der Waals surface area contributed by atoms with E-state index in [0.717, 1.165) is 50.1 Å². The molecule has 1 aliphatic heterocycles. The van der Waals surface area contributed by atoms with Crippen LogP contribution in [0.2, 0.25) is 0 Å². The number of aliphatic imine (C=N–C) groups is 1. The first-order valence-corrected chi connectivity index (χ1v) is 10.2. The molecule has 0 atom stereocenters. The fraction of sp³-hybridized carbons (Fsp3) is 0.409. The van der Waals surface area contributed by atoms with Crippen LogP contribution >= 0.6 is 24.0 Å². The SMILES string of the molecule is CCNC(=NCCNC(=O)c1cccc(C)c1)N1CCN(c2ccccn2)CC1.I. The maximum atomic E-state index is 12.2. The Hall–Kier alpha value is -2.36. The average molecular weight is 522 g/mol. The van der Waals surface area contributed by atoms with Crippen molar-refractivity contribution < 1.29 is 4.79 Å². The lowest BCUT2D eigenvalue weighted by atomic mass is 10.1. The van der Waals surface area contributed by atoms with Gasteiger partial charge in [0.05, 0.1) is 6.54 Å². The van der Waals surface area contributed by atoms with Crippen LogP contribution in [0, 0.1) is 6.92 Å². The van der Waals surface area contributed by atoms with Crippen molar-refractivity contribution in [1.82, 2.24) is 20.5 Å². The standard InChI is InChI=1S/C22H30N6O.HI/c1-3-23-22(26-12-11-25-21(29)19-8-6-7-18(2)17-19)28-15-13-27(14-16-28)20-9-4-5-10-24-20;/h4-10,17H,3,11-16H2,1-2H3,(H,23,26)(H,25,29);1H. The second-order valence-corrected chi connectivity index (χ2v) is 7.02. The second kappa shape index (κ2) is 12.4. The summed E-state index contributed by atoms with van der Waals surface area (Å²) in [5.41, 5.74) is 1.77. The van der Waals surface area contributed by atoms with Crippen molar-refractivity contribution in [3.8, 4) is 0 Å². The molecule has 2 aromatic rings. The zero-order valence-corrected chi connectivity index (χ0v) is 20.0. The number of aryl methyl sites for hydroxylation is 1. The predicted molar refractivity (Wildman–Crippen MR) is 133 cm³/mol. The lowest BCUT2D eigenvalue weighted by molar-refractivity contribution is 0.0954. The van der Waals surface area contributed by atoms with Gasteiger partial charge < -0.3 is 20.4 Å². The van der Waals surface area contributed by atoms with Crippen molar-refractivity contribution >= 4 is 41.7 Å². The van der Waals surface area contributed by atoms with Gasteiger partial charge in [-0.3, -0.25) is 9.79 Å². The van der Waals surface area contributed by atoms with Crippen molar-refractivity contribution in [2.24, 2.45) is 4.99 Å². The van der Waals surface area contributed by atoms with Gasteiger partial charge in [-0.25, -0.2) is 4.98 Å². The summed E-state index contributed by atoms with van der Waals surface area (Å²) in [6.07, 6.45) is 1.83. The first kappa shape index (κ1) is 23.9. The van der Waals surface area contributed by atoms with Crippen LogP contribution in [0.15, 0.2) is 53.7 Å². The molecule has 0 spiro atoms. The van der Waals surface area contributed by atoms with E-state index in [-0.39, 0.29) is 29.9 Å². The molecule has 2 N–H and O–H groups in total. The van der Waals surface area contributed by atoms with E-state index in [4.69, 9.17) is 4.99 Å². The summed E-state index contributed by atoms with van der Waals surface area (Å²) in [5.74, 6) is 1.86.